The average Bonchev–Trinajstić information content (AvgIpc) is 2.58. The molecule has 0 spiro atoms. The van der Waals surface area contributed by atoms with Crippen molar-refractivity contribution < 1.29 is 14.3 Å². The third kappa shape index (κ3) is 5.92. The highest BCUT2D eigenvalue weighted by atomic mass is 79.9. The van der Waals surface area contributed by atoms with E-state index in [4.69, 9.17) is 21.7 Å². The number of benzene rings is 2. The maximum absolute atomic E-state index is 12.2. The molecule has 7 heteroatoms. The van der Waals surface area contributed by atoms with Gasteiger partial charge in [-0.25, -0.2) is 0 Å². The molecule has 0 saturated heterocycles. The summed E-state index contributed by atoms with van der Waals surface area (Å²) in [5.41, 5.74) is 1.29. The zero-order valence-corrected chi connectivity index (χ0v) is 15.4. The van der Waals surface area contributed by atoms with Crippen molar-refractivity contribution >= 4 is 44.9 Å². The molecule has 2 aromatic rings. The fourth-order valence-electron chi connectivity index (χ4n) is 1.82. The van der Waals surface area contributed by atoms with Gasteiger partial charge in [0.05, 0.1) is 6.61 Å². The Hall–Kier alpha value is -1.96. The Balaban J connectivity index is 1.86. The van der Waals surface area contributed by atoms with E-state index in [0.29, 0.717) is 24.5 Å². The van der Waals surface area contributed by atoms with Crippen LogP contribution in [0, 0.1) is 0 Å². The van der Waals surface area contributed by atoms with Gasteiger partial charge in [-0.15, -0.1) is 0 Å². The van der Waals surface area contributed by atoms with Crippen molar-refractivity contribution in [3.63, 3.8) is 0 Å². The molecule has 1 amide bonds. The summed E-state index contributed by atoms with van der Waals surface area (Å²) in [5.74, 6) is 0.396. The molecule has 0 heterocycles. The zero-order chi connectivity index (χ0) is 17.4. The van der Waals surface area contributed by atoms with Crippen LogP contribution in [0.3, 0.4) is 0 Å². The van der Waals surface area contributed by atoms with Gasteiger partial charge in [0.1, 0.15) is 12.4 Å². The van der Waals surface area contributed by atoms with Gasteiger partial charge in [-0.3, -0.25) is 10.1 Å². The molecule has 0 aromatic heterocycles. The smallest absolute Gasteiger partial charge is 0.257 e. The molecule has 0 bridgehead atoms. The van der Waals surface area contributed by atoms with E-state index in [9.17, 15) is 4.79 Å². The monoisotopic (exact) mass is 408 g/mol. The van der Waals surface area contributed by atoms with Crippen molar-refractivity contribution in [3.05, 3.63) is 58.6 Å². The van der Waals surface area contributed by atoms with Crippen LogP contribution < -0.4 is 15.4 Å². The van der Waals surface area contributed by atoms with Gasteiger partial charge in [-0.05, 0) is 60.7 Å². The molecule has 2 N–H and O–H groups in total. The van der Waals surface area contributed by atoms with Gasteiger partial charge in [-0.1, -0.05) is 15.9 Å². The van der Waals surface area contributed by atoms with Crippen molar-refractivity contribution in [2.45, 2.75) is 0 Å². The summed E-state index contributed by atoms with van der Waals surface area (Å²) >= 11 is 8.51. The molecule has 0 fully saturated rings. The summed E-state index contributed by atoms with van der Waals surface area (Å²) in [7, 11) is 1.61. The van der Waals surface area contributed by atoms with Gasteiger partial charge >= 0.3 is 0 Å². The van der Waals surface area contributed by atoms with Gasteiger partial charge < -0.3 is 14.8 Å². The van der Waals surface area contributed by atoms with Crippen molar-refractivity contribution in [1.82, 2.24) is 5.32 Å². The molecule has 0 saturated carbocycles. The first-order valence-corrected chi connectivity index (χ1v) is 8.38. The minimum Gasteiger partial charge on any atom is -0.491 e. The molecule has 0 atom stereocenters. The predicted octanol–water partition coefficient (Wildman–Crippen LogP) is 3.60. The summed E-state index contributed by atoms with van der Waals surface area (Å²) in [4.78, 5) is 12.2. The zero-order valence-electron chi connectivity index (χ0n) is 13.0. The van der Waals surface area contributed by atoms with Crippen LogP contribution >= 0.6 is 28.1 Å². The Morgan fingerprint density at radius 2 is 1.75 bits per heavy atom. The maximum atomic E-state index is 12.2. The van der Waals surface area contributed by atoms with Crippen LogP contribution in [0.5, 0.6) is 5.75 Å². The third-order valence-corrected chi connectivity index (χ3v) is 3.73. The Labute approximate surface area is 154 Å². The highest BCUT2D eigenvalue weighted by molar-refractivity contribution is 9.10. The minimum atomic E-state index is -0.284. The van der Waals surface area contributed by atoms with E-state index in [1.165, 1.54) is 0 Å². The molecule has 126 valence electrons. The Morgan fingerprint density at radius 1 is 1.08 bits per heavy atom. The third-order valence-electron chi connectivity index (χ3n) is 3.00. The lowest BCUT2D eigenvalue weighted by Crippen LogP contribution is -2.34. The molecule has 24 heavy (non-hydrogen) atoms. The number of anilines is 1. The van der Waals surface area contributed by atoms with Crippen LogP contribution in [0.25, 0.3) is 0 Å². The van der Waals surface area contributed by atoms with E-state index in [1.54, 1.807) is 31.4 Å². The van der Waals surface area contributed by atoms with E-state index in [1.807, 2.05) is 24.3 Å². The lowest BCUT2D eigenvalue weighted by molar-refractivity contribution is 0.0977. The summed E-state index contributed by atoms with van der Waals surface area (Å²) in [6, 6.07) is 14.3. The van der Waals surface area contributed by atoms with Crippen LogP contribution in [-0.4, -0.2) is 31.3 Å². The summed E-state index contributed by atoms with van der Waals surface area (Å²) < 4.78 is 11.3. The minimum absolute atomic E-state index is 0.239. The number of nitrogens with one attached hydrogen (secondary N) is 2. The SMILES string of the molecule is COCCOc1ccc(C(=O)NC(=S)Nc2ccc(Br)cc2)cc1. The van der Waals surface area contributed by atoms with Crippen LogP contribution in [0.15, 0.2) is 53.0 Å². The molecule has 2 aromatic carbocycles. The number of carbonyl (C=O) groups is 1. The Morgan fingerprint density at radius 3 is 2.38 bits per heavy atom. The number of thiocarbonyl (C=S) groups is 1. The van der Waals surface area contributed by atoms with Gasteiger partial charge in [0.25, 0.3) is 5.91 Å². The van der Waals surface area contributed by atoms with Crippen LogP contribution in [0.4, 0.5) is 5.69 Å². The summed E-state index contributed by atoms with van der Waals surface area (Å²) in [6.07, 6.45) is 0. The van der Waals surface area contributed by atoms with Crippen LogP contribution in [0.1, 0.15) is 10.4 Å². The normalized spacial score (nSPS) is 10.1. The number of carbonyl (C=O) groups excluding carboxylic acids is 1. The number of hydrogen-bond donors (Lipinski definition) is 2. The molecule has 0 aliphatic rings. The molecule has 0 aliphatic carbocycles. The summed E-state index contributed by atoms with van der Waals surface area (Å²) in [5, 5.41) is 5.83. The number of methoxy groups -OCH3 is 1. The van der Waals surface area contributed by atoms with E-state index < -0.39 is 0 Å². The Kier molecular flexibility index (Phi) is 7.17. The highest BCUT2D eigenvalue weighted by Crippen LogP contribution is 2.14. The molecule has 2 rings (SSSR count). The van der Waals surface area contributed by atoms with E-state index in [0.717, 1.165) is 10.2 Å². The highest BCUT2D eigenvalue weighted by Gasteiger charge is 2.08. The van der Waals surface area contributed by atoms with Crippen LogP contribution in [0.2, 0.25) is 0 Å². The first-order chi connectivity index (χ1) is 11.6. The first-order valence-electron chi connectivity index (χ1n) is 7.18. The van der Waals surface area contributed by atoms with E-state index in [2.05, 4.69) is 26.6 Å². The van der Waals surface area contributed by atoms with Crippen LogP contribution in [-0.2, 0) is 4.74 Å². The number of hydrogen-bond acceptors (Lipinski definition) is 4. The quantitative estimate of drug-likeness (QED) is 0.564. The molecule has 0 unspecified atom stereocenters. The largest absolute Gasteiger partial charge is 0.491 e. The fourth-order valence-corrected chi connectivity index (χ4v) is 2.29. The van der Waals surface area contributed by atoms with E-state index in [-0.39, 0.29) is 11.0 Å². The van der Waals surface area contributed by atoms with Crippen molar-refractivity contribution in [2.24, 2.45) is 0 Å². The van der Waals surface area contributed by atoms with Crippen molar-refractivity contribution in [2.75, 3.05) is 25.6 Å². The predicted molar refractivity (Wildman–Crippen MR) is 102 cm³/mol. The van der Waals surface area contributed by atoms with E-state index >= 15 is 0 Å². The molecular weight excluding hydrogens is 392 g/mol. The lowest BCUT2D eigenvalue weighted by Gasteiger charge is -2.10. The second-order valence-electron chi connectivity index (χ2n) is 4.78. The maximum Gasteiger partial charge on any atom is 0.257 e. The van der Waals surface area contributed by atoms with Gasteiger partial charge in [0.2, 0.25) is 0 Å². The number of ether oxygens (including phenoxy) is 2. The molecule has 0 radical (unpaired) electrons. The second-order valence-corrected chi connectivity index (χ2v) is 6.10. The standard InChI is InChI=1S/C17H17BrN2O3S/c1-22-10-11-23-15-8-2-12(3-9-15)16(21)20-17(24)19-14-6-4-13(18)5-7-14/h2-9H,10-11H2,1H3,(H2,19,20,21,24). The average molecular weight is 409 g/mol. The summed E-state index contributed by atoms with van der Waals surface area (Å²) in [6.45, 7) is 0.974. The molecule has 5 nitrogen and oxygen atoms in total. The Bertz CT molecular complexity index is 690. The van der Waals surface area contributed by atoms with Crippen molar-refractivity contribution in [1.29, 1.82) is 0 Å². The first kappa shape index (κ1) is 18.4. The topological polar surface area (TPSA) is 59.6 Å². The van der Waals surface area contributed by atoms with Gasteiger partial charge in [0.15, 0.2) is 5.11 Å². The molecule has 0 aliphatic heterocycles. The number of rotatable bonds is 6. The molecular formula is C17H17BrN2O3S. The fraction of sp³-hybridized carbons (Fsp3) is 0.176. The van der Waals surface area contributed by atoms with Gasteiger partial charge in [0, 0.05) is 22.8 Å². The van der Waals surface area contributed by atoms with Crippen molar-refractivity contribution in [3.8, 4) is 5.75 Å². The second kappa shape index (κ2) is 9.36. The number of amides is 1. The lowest BCUT2D eigenvalue weighted by atomic mass is 10.2. The number of halogens is 1. The van der Waals surface area contributed by atoms with Gasteiger partial charge in [-0.2, -0.15) is 0 Å².